The number of aliphatic hydroxyl groups is 1. The van der Waals surface area contributed by atoms with E-state index in [1.807, 2.05) is 24.3 Å². The van der Waals surface area contributed by atoms with E-state index in [0.29, 0.717) is 5.56 Å². The van der Waals surface area contributed by atoms with Crippen LogP contribution < -0.4 is 0 Å². The van der Waals surface area contributed by atoms with Crippen LogP contribution in [0.5, 0.6) is 0 Å². The van der Waals surface area contributed by atoms with Gasteiger partial charge in [0.05, 0.1) is 5.52 Å². The molecule has 1 aromatic heterocycles. The molecule has 1 N–H and O–H groups in total. The van der Waals surface area contributed by atoms with Crippen LogP contribution >= 0.6 is 0 Å². The fourth-order valence-corrected chi connectivity index (χ4v) is 1.22. The summed E-state index contributed by atoms with van der Waals surface area (Å²) in [7, 11) is 0. The summed E-state index contributed by atoms with van der Waals surface area (Å²) in [5.74, 6) is 0. The minimum absolute atomic E-state index is 0.250. The predicted molar refractivity (Wildman–Crippen MR) is 59.9 cm³/mol. The molecule has 3 heteroatoms. The molecule has 0 spiro atoms. The molecule has 0 radical (unpaired) electrons. The third-order valence-electron chi connectivity index (χ3n) is 1.79. The second-order valence-corrected chi connectivity index (χ2v) is 2.86. The van der Waals surface area contributed by atoms with Crippen molar-refractivity contribution >= 4 is 17.2 Å². The van der Waals surface area contributed by atoms with Crippen molar-refractivity contribution in [2.24, 2.45) is 0 Å². The lowest BCUT2D eigenvalue weighted by molar-refractivity contribution is 0.112. The monoisotopic (exact) mass is 203 g/mol. The molecule has 78 valence electrons. The van der Waals surface area contributed by atoms with Gasteiger partial charge in [0.15, 0.2) is 6.29 Å². The summed E-state index contributed by atoms with van der Waals surface area (Å²) >= 11 is 0. The molecule has 0 amide bonds. The highest BCUT2D eigenvalue weighted by Crippen LogP contribution is 2.13. The van der Waals surface area contributed by atoms with Crippen LogP contribution in [-0.2, 0) is 0 Å². The Morgan fingerprint density at radius 3 is 2.67 bits per heavy atom. The Kier molecular flexibility index (Phi) is 4.44. The van der Waals surface area contributed by atoms with E-state index >= 15 is 0 Å². The van der Waals surface area contributed by atoms with Crippen molar-refractivity contribution in [2.45, 2.75) is 6.92 Å². The molecule has 0 fully saturated rings. The number of aldehydes is 1. The number of para-hydroxylation sites is 1. The van der Waals surface area contributed by atoms with Crippen LogP contribution in [0.1, 0.15) is 17.3 Å². The Morgan fingerprint density at radius 1 is 1.33 bits per heavy atom. The maximum atomic E-state index is 10.6. The number of carbonyl (C=O) groups excluding carboxylic acids is 1. The Bertz CT molecular complexity index is 435. The van der Waals surface area contributed by atoms with Gasteiger partial charge >= 0.3 is 0 Å². The molecule has 2 aromatic rings. The molecular weight excluding hydrogens is 190 g/mol. The van der Waals surface area contributed by atoms with Gasteiger partial charge in [0.2, 0.25) is 0 Å². The minimum atomic E-state index is 0.250. The SMILES string of the molecule is CCO.O=Cc1cccc2cccnc12. The topological polar surface area (TPSA) is 50.2 Å². The molecule has 0 atom stereocenters. The average Bonchev–Trinajstić information content (AvgIpc) is 2.29. The van der Waals surface area contributed by atoms with E-state index in [2.05, 4.69) is 4.98 Å². The van der Waals surface area contributed by atoms with Crippen LogP contribution in [0, 0.1) is 0 Å². The molecule has 0 unspecified atom stereocenters. The average molecular weight is 203 g/mol. The van der Waals surface area contributed by atoms with E-state index in [9.17, 15) is 4.79 Å². The van der Waals surface area contributed by atoms with Gasteiger partial charge in [0.1, 0.15) is 0 Å². The molecule has 0 saturated carbocycles. The summed E-state index contributed by atoms with van der Waals surface area (Å²) in [6, 6.07) is 9.36. The summed E-state index contributed by atoms with van der Waals surface area (Å²) in [4.78, 5) is 14.7. The van der Waals surface area contributed by atoms with Crippen molar-refractivity contribution in [3.8, 4) is 0 Å². The third kappa shape index (κ3) is 2.86. The molecule has 1 aromatic carbocycles. The first-order chi connectivity index (χ1) is 7.33. The quantitative estimate of drug-likeness (QED) is 0.721. The Hall–Kier alpha value is -1.74. The molecule has 0 aliphatic heterocycles. The Morgan fingerprint density at radius 2 is 2.00 bits per heavy atom. The van der Waals surface area contributed by atoms with E-state index in [0.717, 1.165) is 17.2 Å². The van der Waals surface area contributed by atoms with Gasteiger partial charge in [-0.15, -0.1) is 0 Å². The summed E-state index contributed by atoms with van der Waals surface area (Å²) < 4.78 is 0. The van der Waals surface area contributed by atoms with Crippen molar-refractivity contribution in [3.05, 3.63) is 42.1 Å². The van der Waals surface area contributed by atoms with Crippen LogP contribution in [0.4, 0.5) is 0 Å². The van der Waals surface area contributed by atoms with E-state index in [1.54, 1.807) is 19.2 Å². The second-order valence-electron chi connectivity index (χ2n) is 2.86. The van der Waals surface area contributed by atoms with E-state index < -0.39 is 0 Å². The number of benzene rings is 1. The summed E-state index contributed by atoms with van der Waals surface area (Å²) in [5.41, 5.74) is 1.42. The van der Waals surface area contributed by atoms with Crippen LogP contribution in [0.3, 0.4) is 0 Å². The molecule has 0 saturated heterocycles. The van der Waals surface area contributed by atoms with Crippen molar-refractivity contribution in [2.75, 3.05) is 6.61 Å². The molecule has 2 rings (SSSR count). The smallest absolute Gasteiger partial charge is 0.152 e. The summed E-state index contributed by atoms with van der Waals surface area (Å²) in [6.07, 6.45) is 2.52. The van der Waals surface area contributed by atoms with Crippen LogP contribution in [0.25, 0.3) is 10.9 Å². The normalized spacial score (nSPS) is 9.20. The number of pyridine rings is 1. The Labute approximate surface area is 88.4 Å². The maximum Gasteiger partial charge on any atom is 0.152 e. The molecular formula is C12H13NO2. The van der Waals surface area contributed by atoms with Gasteiger partial charge in [-0.1, -0.05) is 18.2 Å². The molecule has 0 aliphatic carbocycles. The molecule has 15 heavy (non-hydrogen) atoms. The minimum Gasteiger partial charge on any atom is -0.397 e. The standard InChI is InChI=1S/C10H7NO.C2H6O/c12-7-9-4-1-3-8-5-2-6-11-10(8)9;1-2-3/h1-7H;3H,2H2,1H3. The molecule has 1 heterocycles. The zero-order valence-electron chi connectivity index (χ0n) is 8.55. The van der Waals surface area contributed by atoms with Gasteiger partial charge in [-0.2, -0.15) is 0 Å². The van der Waals surface area contributed by atoms with Gasteiger partial charge in [-0.25, -0.2) is 0 Å². The highest BCUT2D eigenvalue weighted by Gasteiger charge is 1.97. The number of hydrogen-bond donors (Lipinski definition) is 1. The lowest BCUT2D eigenvalue weighted by Gasteiger charge is -1.96. The maximum absolute atomic E-state index is 10.6. The first-order valence-corrected chi connectivity index (χ1v) is 4.73. The number of carbonyl (C=O) groups is 1. The summed E-state index contributed by atoms with van der Waals surface area (Å²) in [5, 5.41) is 8.57. The van der Waals surface area contributed by atoms with Gasteiger partial charge in [-0.3, -0.25) is 9.78 Å². The molecule has 0 aliphatic rings. The van der Waals surface area contributed by atoms with Crippen molar-refractivity contribution in [1.82, 2.24) is 4.98 Å². The Balaban J connectivity index is 0.000000337. The lowest BCUT2D eigenvalue weighted by atomic mass is 10.1. The lowest BCUT2D eigenvalue weighted by Crippen LogP contribution is -1.85. The molecule has 0 bridgehead atoms. The highest BCUT2D eigenvalue weighted by molar-refractivity contribution is 5.95. The number of hydrogen-bond acceptors (Lipinski definition) is 3. The van der Waals surface area contributed by atoms with E-state index in [4.69, 9.17) is 5.11 Å². The van der Waals surface area contributed by atoms with Crippen molar-refractivity contribution in [1.29, 1.82) is 0 Å². The second kappa shape index (κ2) is 5.88. The van der Waals surface area contributed by atoms with Crippen molar-refractivity contribution < 1.29 is 9.90 Å². The zero-order chi connectivity index (χ0) is 11.1. The van der Waals surface area contributed by atoms with Gasteiger partial charge in [0, 0.05) is 23.8 Å². The van der Waals surface area contributed by atoms with Crippen LogP contribution in [0.15, 0.2) is 36.5 Å². The van der Waals surface area contributed by atoms with Crippen molar-refractivity contribution in [3.63, 3.8) is 0 Å². The third-order valence-corrected chi connectivity index (χ3v) is 1.79. The number of rotatable bonds is 1. The first kappa shape index (κ1) is 11.3. The predicted octanol–water partition coefficient (Wildman–Crippen LogP) is 2.05. The van der Waals surface area contributed by atoms with Gasteiger partial charge in [0.25, 0.3) is 0 Å². The fourth-order valence-electron chi connectivity index (χ4n) is 1.22. The highest BCUT2D eigenvalue weighted by atomic mass is 16.2. The van der Waals surface area contributed by atoms with Crippen LogP contribution in [0.2, 0.25) is 0 Å². The molecule has 3 nitrogen and oxygen atoms in total. The largest absolute Gasteiger partial charge is 0.397 e. The number of nitrogens with zero attached hydrogens (tertiary/aromatic N) is 1. The van der Waals surface area contributed by atoms with Gasteiger partial charge < -0.3 is 5.11 Å². The number of aromatic nitrogens is 1. The fraction of sp³-hybridized carbons (Fsp3) is 0.167. The zero-order valence-corrected chi connectivity index (χ0v) is 8.55. The van der Waals surface area contributed by atoms with Gasteiger partial charge in [-0.05, 0) is 19.1 Å². The number of aliphatic hydroxyl groups excluding tert-OH is 1. The summed E-state index contributed by atoms with van der Waals surface area (Å²) in [6.45, 7) is 1.93. The first-order valence-electron chi connectivity index (χ1n) is 4.73. The van der Waals surface area contributed by atoms with E-state index in [-0.39, 0.29) is 6.61 Å². The number of fused-ring (bicyclic) bond motifs is 1. The van der Waals surface area contributed by atoms with E-state index in [1.165, 1.54) is 0 Å². The van der Waals surface area contributed by atoms with Crippen LogP contribution in [-0.4, -0.2) is 23.0 Å².